The first-order valence-electron chi connectivity index (χ1n) is 7.93. The predicted octanol–water partition coefficient (Wildman–Crippen LogP) is 3.49. The van der Waals surface area contributed by atoms with Gasteiger partial charge in [-0.25, -0.2) is 4.39 Å². The highest BCUT2D eigenvalue weighted by Gasteiger charge is 2.11. The van der Waals surface area contributed by atoms with Gasteiger partial charge in [0.1, 0.15) is 17.4 Å². The molecule has 2 aromatic carbocycles. The van der Waals surface area contributed by atoms with E-state index in [2.05, 4.69) is 20.8 Å². The molecular weight excluding hydrogens is 335 g/mol. The molecule has 132 valence electrons. The van der Waals surface area contributed by atoms with Gasteiger partial charge in [0.05, 0.1) is 12.7 Å². The van der Waals surface area contributed by atoms with Gasteiger partial charge in [0.25, 0.3) is 5.91 Å². The Hall–Kier alpha value is -3.48. The van der Waals surface area contributed by atoms with Gasteiger partial charge in [0, 0.05) is 12.1 Å². The highest BCUT2D eigenvalue weighted by atomic mass is 19.1. The Morgan fingerprint density at radius 1 is 1.00 bits per heavy atom. The quantitative estimate of drug-likeness (QED) is 0.710. The lowest BCUT2D eigenvalue weighted by Gasteiger charge is -2.10. The maximum atomic E-state index is 13.6. The number of methoxy groups -OCH3 is 1. The van der Waals surface area contributed by atoms with Crippen molar-refractivity contribution in [1.82, 2.24) is 10.2 Å². The first-order valence-corrected chi connectivity index (χ1v) is 7.93. The van der Waals surface area contributed by atoms with Crippen LogP contribution in [-0.4, -0.2) is 23.2 Å². The fourth-order valence-electron chi connectivity index (χ4n) is 2.36. The summed E-state index contributed by atoms with van der Waals surface area (Å²) >= 11 is 0. The summed E-state index contributed by atoms with van der Waals surface area (Å²) in [5, 5.41) is 13.6. The van der Waals surface area contributed by atoms with Crippen LogP contribution in [-0.2, 0) is 6.54 Å². The number of carbonyl (C=O) groups excluding carboxylic acids is 1. The summed E-state index contributed by atoms with van der Waals surface area (Å²) in [5.74, 6) is 0.391. The Bertz CT molecular complexity index is 900. The van der Waals surface area contributed by atoms with Gasteiger partial charge >= 0.3 is 0 Å². The number of para-hydroxylation sites is 1. The number of hydrogen-bond acceptors (Lipinski definition) is 5. The molecule has 0 spiro atoms. The van der Waals surface area contributed by atoms with E-state index in [9.17, 15) is 9.18 Å². The number of nitrogens with one attached hydrogen (secondary N) is 2. The van der Waals surface area contributed by atoms with Crippen molar-refractivity contribution in [3.63, 3.8) is 0 Å². The minimum Gasteiger partial charge on any atom is -0.496 e. The van der Waals surface area contributed by atoms with Gasteiger partial charge in [-0.15, -0.1) is 10.2 Å². The molecule has 0 atom stereocenters. The third kappa shape index (κ3) is 4.13. The van der Waals surface area contributed by atoms with Crippen LogP contribution in [0.3, 0.4) is 0 Å². The van der Waals surface area contributed by atoms with E-state index in [1.807, 2.05) is 24.3 Å². The molecule has 1 aromatic heterocycles. The number of ether oxygens (including phenoxy) is 1. The van der Waals surface area contributed by atoms with Crippen molar-refractivity contribution >= 4 is 17.5 Å². The van der Waals surface area contributed by atoms with Gasteiger partial charge in [-0.1, -0.05) is 30.3 Å². The third-order valence-corrected chi connectivity index (χ3v) is 3.68. The summed E-state index contributed by atoms with van der Waals surface area (Å²) in [4.78, 5) is 12.1. The molecule has 7 heteroatoms. The molecule has 2 N–H and O–H groups in total. The lowest BCUT2D eigenvalue weighted by Crippen LogP contribution is -2.15. The molecule has 0 unspecified atom stereocenters. The minimum absolute atomic E-state index is 0.0484. The monoisotopic (exact) mass is 352 g/mol. The molecule has 1 amide bonds. The normalized spacial score (nSPS) is 10.2. The van der Waals surface area contributed by atoms with Gasteiger partial charge in [0.2, 0.25) is 0 Å². The van der Waals surface area contributed by atoms with Crippen LogP contribution < -0.4 is 15.4 Å². The van der Waals surface area contributed by atoms with E-state index >= 15 is 0 Å². The molecule has 3 rings (SSSR count). The second-order valence-electron chi connectivity index (χ2n) is 5.40. The first kappa shape index (κ1) is 17.3. The van der Waals surface area contributed by atoms with Crippen molar-refractivity contribution in [1.29, 1.82) is 0 Å². The minimum atomic E-state index is -0.590. The summed E-state index contributed by atoms with van der Waals surface area (Å²) in [6.45, 7) is 0.514. The van der Waals surface area contributed by atoms with E-state index in [0.717, 1.165) is 11.3 Å². The smallest absolute Gasteiger partial charge is 0.259 e. The van der Waals surface area contributed by atoms with Crippen LogP contribution in [0.15, 0.2) is 60.7 Å². The van der Waals surface area contributed by atoms with Crippen LogP contribution >= 0.6 is 0 Å². The van der Waals surface area contributed by atoms with Crippen molar-refractivity contribution < 1.29 is 13.9 Å². The molecule has 0 aliphatic carbocycles. The molecular formula is C19H17FN4O2. The summed E-state index contributed by atoms with van der Waals surface area (Å²) < 4.78 is 18.9. The van der Waals surface area contributed by atoms with Crippen molar-refractivity contribution in [3.05, 3.63) is 77.6 Å². The van der Waals surface area contributed by atoms with E-state index in [1.165, 1.54) is 18.2 Å². The van der Waals surface area contributed by atoms with Crippen molar-refractivity contribution in [3.8, 4) is 5.75 Å². The van der Waals surface area contributed by atoms with Gasteiger partial charge in [0.15, 0.2) is 5.82 Å². The molecule has 0 bridgehead atoms. The van der Waals surface area contributed by atoms with Gasteiger partial charge in [-0.2, -0.15) is 0 Å². The Labute approximate surface area is 150 Å². The first-order chi connectivity index (χ1) is 12.7. The van der Waals surface area contributed by atoms with Gasteiger partial charge in [-0.05, 0) is 30.3 Å². The number of hydrogen-bond donors (Lipinski definition) is 2. The van der Waals surface area contributed by atoms with E-state index in [0.29, 0.717) is 12.4 Å². The zero-order valence-corrected chi connectivity index (χ0v) is 14.1. The highest BCUT2D eigenvalue weighted by Crippen LogP contribution is 2.18. The number of anilines is 2. The Morgan fingerprint density at radius 2 is 1.69 bits per heavy atom. The fraction of sp³-hybridized carbons (Fsp3) is 0.105. The highest BCUT2D eigenvalue weighted by molar-refractivity contribution is 6.03. The third-order valence-electron chi connectivity index (χ3n) is 3.68. The Kier molecular flexibility index (Phi) is 5.38. The van der Waals surface area contributed by atoms with Crippen LogP contribution in [0, 0.1) is 5.82 Å². The molecule has 0 aliphatic heterocycles. The van der Waals surface area contributed by atoms with Crippen LogP contribution in [0.2, 0.25) is 0 Å². The number of carbonyl (C=O) groups is 1. The maximum Gasteiger partial charge on any atom is 0.259 e. The second-order valence-corrected chi connectivity index (χ2v) is 5.40. The van der Waals surface area contributed by atoms with E-state index < -0.39 is 11.7 Å². The average molecular weight is 352 g/mol. The summed E-state index contributed by atoms with van der Waals surface area (Å²) in [7, 11) is 1.62. The summed E-state index contributed by atoms with van der Waals surface area (Å²) in [6, 6.07) is 16.7. The zero-order chi connectivity index (χ0) is 18.4. The molecule has 0 radical (unpaired) electrons. The van der Waals surface area contributed by atoms with Crippen LogP contribution in [0.5, 0.6) is 5.75 Å². The number of nitrogens with zero attached hydrogens (tertiary/aromatic N) is 2. The predicted molar refractivity (Wildman–Crippen MR) is 96.7 cm³/mol. The molecule has 0 saturated carbocycles. The SMILES string of the molecule is COc1ccccc1CNc1ccc(NC(=O)c2ccccc2F)nn1. The van der Waals surface area contributed by atoms with Crippen LogP contribution in [0.1, 0.15) is 15.9 Å². The van der Waals surface area contributed by atoms with Gasteiger partial charge in [-0.3, -0.25) is 4.79 Å². The van der Waals surface area contributed by atoms with E-state index in [1.54, 1.807) is 25.3 Å². The summed E-state index contributed by atoms with van der Waals surface area (Å²) in [5.41, 5.74) is 0.932. The molecule has 6 nitrogen and oxygen atoms in total. The Morgan fingerprint density at radius 3 is 2.42 bits per heavy atom. The van der Waals surface area contributed by atoms with Crippen LogP contribution in [0.4, 0.5) is 16.0 Å². The molecule has 0 fully saturated rings. The topological polar surface area (TPSA) is 76.1 Å². The molecule has 1 heterocycles. The number of amides is 1. The molecule has 0 saturated heterocycles. The molecule has 26 heavy (non-hydrogen) atoms. The van der Waals surface area contributed by atoms with E-state index in [-0.39, 0.29) is 11.4 Å². The van der Waals surface area contributed by atoms with Crippen molar-refractivity contribution in [2.24, 2.45) is 0 Å². The van der Waals surface area contributed by atoms with Crippen molar-refractivity contribution in [2.45, 2.75) is 6.54 Å². The van der Waals surface area contributed by atoms with Crippen molar-refractivity contribution in [2.75, 3.05) is 17.7 Å². The zero-order valence-electron chi connectivity index (χ0n) is 14.1. The summed E-state index contributed by atoms with van der Waals surface area (Å²) in [6.07, 6.45) is 0. The van der Waals surface area contributed by atoms with Crippen LogP contribution in [0.25, 0.3) is 0 Å². The maximum absolute atomic E-state index is 13.6. The Balaban J connectivity index is 1.62. The number of rotatable bonds is 6. The largest absolute Gasteiger partial charge is 0.496 e. The van der Waals surface area contributed by atoms with Gasteiger partial charge < -0.3 is 15.4 Å². The number of aromatic nitrogens is 2. The lowest BCUT2D eigenvalue weighted by atomic mass is 10.2. The fourth-order valence-corrected chi connectivity index (χ4v) is 2.36. The standard InChI is InChI=1S/C19H17FN4O2/c1-26-16-9-5-2-6-13(16)12-21-17-10-11-18(24-23-17)22-19(25)14-7-3-4-8-15(14)20/h2-11H,12H2,1H3,(H,21,23)(H,22,24,25). The lowest BCUT2D eigenvalue weighted by molar-refractivity contribution is 0.102. The molecule has 0 aliphatic rings. The second kappa shape index (κ2) is 8.06. The number of halogens is 1. The van der Waals surface area contributed by atoms with E-state index in [4.69, 9.17) is 4.74 Å². The molecule has 3 aromatic rings. The average Bonchev–Trinajstić information content (AvgIpc) is 2.68. The number of benzene rings is 2.